The molecule has 6 N–H and O–H groups in total. The van der Waals surface area contributed by atoms with E-state index in [0.29, 0.717) is 12.8 Å². The predicted octanol–water partition coefficient (Wildman–Crippen LogP) is 1.09. The molecule has 0 aromatic heterocycles. The number of amides is 3. The van der Waals surface area contributed by atoms with Crippen LogP contribution in [-0.4, -0.2) is 135 Å². The lowest BCUT2D eigenvalue weighted by molar-refractivity contribution is -0.147. The molecule has 3 amide bonds. The maximum Gasteiger partial charge on any atom is 0.411 e. The van der Waals surface area contributed by atoms with Crippen LogP contribution in [0, 0.1) is 11.8 Å². The van der Waals surface area contributed by atoms with E-state index in [1.54, 1.807) is 53.7 Å². The first-order valence-corrected chi connectivity index (χ1v) is 16.5. The lowest BCUT2D eigenvalue weighted by atomic mass is 10.1. The monoisotopic (exact) mass is 726 g/mol. The fraction of sp³-hybridized carbons (Fsp3) is 0.706. The number of carboxylic acid groups (broad SMARTS) is 1. The largest absolute Gasteiger partial charge is 0.480 e. The molecule has 4 rings (SSSR count). The summed E-state index contributed by atoms with van der Waals surface area (Å²) >= 11 is 0. The molecular formula is C34H54N4O13. The van der Waals surface area contributed by atoms with Crippen molar-refractivity contribution >= 4 is 36.0 Å². The second-order valence-electron chi connectivity index (χ2n) is 15.0. The number of methoxy groups -OCH3 is 2. The normalized spacial score (nSPS) is 30.6. The van der Waals surface area contributed by atoms with E-state index in [0.717, 1.165) is 4.90 Å². The number of rotatable bonds is 7. The van der Waals surface area contributed by atoms with Gasteiger partial charge in [-0.1, -0.05) is 12.2 Å². The van der Waals surface area contributed by atoms with Crippen LogP contribution in [0.3, 0.4) is 0 Å². The van der Waals surface area contributed by atoms with Crippen molar-refractivity contribution in [1.82, 2.24) is 15.1 Å². The summed E-state index contributed by atoms with van der Waals surface area (Å²) in [6.07, 6.45) is 1.49. The van der Waals surface area contributed by atoms with Crippen LogP contribution in [0.5, 0.6) is 0 Å². The summed E-state index contributed by atoms with van der Waals surface area (Å²) in [7, 11) is 2.59. The molecule has 2 saturated heterocycles. The maximum atomic E-state index is 12.7. The third-order valence-corrected chi connectivity index (χ3v) is 8.51. The zero-order chi connectivity index (χ0) is 39.3. The maximum absolute atomic E-state index is 12.7. The highest BCUT2D eigenvalue weighted by Crippen LogP contribution is 2.45. The van der Waals surface area contributed by atoms with Gasteiger partial charge in [-0.25, -0.2) is 19.2 Å². The van der Waals surface area contributed by atoms with E-state index >= 15 is 0 Å². The van der Waals surface area contributed by atoms with E-state index in [1.165, 1.54) is 19.1 Å². The SMILES string of the molecule is C=C[C@@H]1C[C@]1(N)C(=O)OC.C=C[C@@H]1C[C@]1(NC(=O)[C@@H]1CC(O)CN1C(=O)OC(C)(C)C)C(=O)OC.CC(C)(C)OC(=O)N1C[C@H](O)C[C@H]1C(=O)O. The quantitative estimate of drug-likeness (QED) is 0.140. The Morgan fingerprint density at radius 3 is 1.55 bits per heavy atom. The van der Waals surface area contributed by atoms with E-state index in [9.17, 15) is 39.0 Å². The summed E-state index contributed by atoms with van der Waals surface area (Å²) in [6, 6.07) is -1.90. The van der Waals surface area contributed by atoms with Crippen LogP contribution in [0.25, 0.3) is 0 Å². The highest BCUT2D eigenvalue weighted by molar-refractivity contribution is 5.95. The summed E-state index contributed by atoms with van der Waals surface area (Å²) in [4.78, 5) is 72.7. The number of aliphatic carboxylic acids is 1. The molecule has 4 fully saturated rings. The molecule has 2 aliphatic heterocycles. The number of carbonyl (C=O) groups excluding carboxylic acids is 5. The number of aliphatic hydroxyl groups is 2. The number of nitrogens with one attached hydrogen (secondary N) is 1. The fourth-order valence-electron chi connectivity index (χ4n) is 5.67. The van der Waals surface area contributed by atoms with Gasteiger partial charge in [-0.15, -0.1) is 13.2 Å². The molecule has 17 heteroatoms. The van der Waals surface area contributed by atoms with Crippen LogP contribution < -0.4 is 11.1 Å². The molecule has 0 radical (unpaired) electrons. The molecule has 1 unspecified atom stereocenters. The Morgan fingerprint density at radius 2 is 1.20 bits per heavy atom. The van der Waals surface area contributed by atoms with Crippen LogP contribution in [0.4, 0.5) is 9.59 Å². The Bertz CT molecular complexity index is 1360. The van der Waals surface area contributed by atoms with Gasteiger partial charge in [0.1, 0.15) is 34.4 Å². The first kappa shape index (κ1) is 42.9. The first-order chi connectivity index (χ1) is 23.4. The zero-order valence-corrected chi connectivity index (χ0v) is 30.7. The standard InChI is InChI=1S/C17H26N2O6.C10H17NO5.C7H11NO2/c1-6-10-8-17(10,14(22)24-5)18-13(21)12-7-11(20)9-19(12)15(23)25-16(2,3)4;1-10(2,3)16-9(15)11-5-6(12)4-7(11)8(13)14;1-3-5-4-7(5,8)6(9)10-2/h6,10-12,20H,1,7-9H2,2-5H3,(H,18,21);6-7,12H,4-5H2,1-3H3,(H,13,14);3,5H,1,4,8H2,2H3/t10-,11?,12+,17-;6-,7+;5-,7-/m111/s1. The van der Waals surface area contributed by atoms with Crippen molar-refractivity contribution in [1.29, 1.82) is 0 Å². The molecule has 8 atom stereocenters. The Morgan fingerprint density at radius 1 is 0.765 bits per heavy atom. The van der Waals surface area contributed by atoms with E-state index in [-0.39, 0.29) is 43.7 Å². The lowest BCUT2D eigenvalue weighted by Gasteiger charge is -2.28. The molecule has 2 aliphatic carbocycles. The van der Waals surface area contributed by atoms with Crippen molar-refractivity contribution in [2.24, 2.45) is 17.6 Å². The summed E-state index contributed by atoms with van der Waals surface area (Å²) < 4.78 is 19.6. The first-order valence-electron chi connectivity index (χ1n) is 16.5. The average molecular weight is 727 g/mol. The second kappa shape index (κ2) is 16.4. The van der Waals surface area contributed by atoms with Crippen LogP contribution in [-0.2, 0) is 38.1 Å². The summed E-state index contributed by atoms with van der Waals surface area (Å²) in [5.74, 6) is -2.63. The number of carbonyl (C=O) groups is 6. The number of hydrogen-bond acceptors (Lipinski definition) is 13. The van der Waals surface area contributed by atoms with Gasteiger partial charge < -0.3 is 45.3 Å². The van der Waals surface area contributed by atoms with Crippen LogP contribution >= 0.6 is 0 Å². The van der Waals surface area contributed by atoms with E-state index in [4.69, 9.17) is 25.1 Å². The third-order valence-electron chi connectivity index (χ3n) is 8.51. The van der Waals surface area contributed by atoms with Crippen molar-refractivity contribution < 1.29 is 63.0 Å². The van der Waals surface area contributed by atoms with Gasteiger partial charge in [-0.2, -0.15) is 0 Å². The van der Waals surface area contributed by atoms with E-state index in [1.807, 2.05) is 0 Å². The minimum absolute atomic E-state index is 0.00309. The highest BCUT2D eigenvalue weighted by atomic mass is 16.6. The van der Waals surface area contributed by atoms with Crippen molar-refractivity contribution in [2.75, 3.05) is 27.3 Å². The summed E-state index contributed by atoms with van der Waals surface area (Å²) in [5.41, 5.74) is 2.33. The lowest BCUT2D eigenvalue weighted by Crippen LogP contribution is -2.53. The number of nitrogens with zero attached hydrogens (tertiary/aromatic N) is 2. The Balaban J connectivity index is 0.000000295. The number of esters is 2. The van der Waals surface area contributed by atoms with Gasteiger partial charge in [-0.05, 0) is 54.4 Å². The van der Waals surface area contributed by atoms with Crippen LogP contribution in [0.15, 0.2) is 25.3 Å². The fourth-order valence-corrected chi connectivity index (χ4v) is 5.67. The Kier molecular flexibility index (Phi) is 13.8. The molecule has 0 spiro atoms. The van der Waals surface area contributed by atoms with E-state index in [2.05, 4.69) is 23.2 Å². The molecule has 17 nitrogen and oxygen atoms in total. The van der Waals surface area contributed by atoms with Gasteiger partial charge in [0, 0.05) is 24.7 Å². The number of likely N-dealkylation sites (tertiary alicyclic amines) is 2. The van der Waals surface area contributed by atoms with Crippen LogP contribution in [0.2, 0.25) is 0 Å². The molecule has 4 aliphatic rings. The van der Waals surface area contributed by atoms with Gasteiger partial charge in [0.15, 0.2) is 0 Å². The summed E-state index contributed by atoms with van der Waals surface area (Å²) in [5, 5.41) is 30.8. The van der Waals surface area contributed by atoms with Gasteiger partial charge in [0.25, 0.3) is 0 Å². The second-order valence-corrected chi connectivity index (χ2v) is 15.0. The predicted molar refractivity (Wildman–Crippen MR) is 181 cm³/mol. The Hall–Kier alpha value is -4.22. The zero-order valence-electron chi connectivity index (χ0n) is 30.7. The van der Waals surface area contributed by atoms with Gasteiger partial charge >= 0.3 is 30.1 Å². The number of β-amino-alcohol motifs (C(OH)–C–C–N with tert-alkyl or cyclic N) is 2. The van der Waals surface area contributed by atoms with Crippen molar-refractivity contribution in [3.05, 3.63) is 25.3 Å². The van der Waals surface area contributed by atoms with Gasteiger partial charge in [0.05, 0.1) is 39.5 Å². The molecular weight excluding hydrogens is 672 g/mol. The smallest absolute Gasteiger partial charge is 0.411 e. The molecule has 51 heavy (non-hydrogen) atoms. The van der Waals surface area contributed by atoms with Crippen molar-refractivity contribution in [2.45, 2.75) is 114 Å². The highest BCUT2D eigenvalue weighted by Gasteiger charge is 2.62. The minimum Gasteiger partial charge on any atom is -0.480 e. The molecule has 2 heterocycles. The Labute approximate surface area is 298 Å². The van der Waals surface area contributed by atoms with Crippen LogP contribution in [0.1, 0.15) is 67.2 Å². The van der Waals surface area contributed by atoms with Gasteiger partial charge in [-0.3, -0.25) is 19.4 Å². The number of nitrogens with two attached hydrogens (primary N) is 1. The molecule has 288 valence electrons. The molecule has 2 saturated carbocycles. The third kappa shape index (κ3) is 11.1. The number of hydrogen-bond donors (Lipinski definition) is 5. The molecule has 0 bridgehead atoms. The number of aliphatic hydroxyl groups excluding tert-OH is 2. The average Bonchev–Trinajstić information content (AvgIpc) is 3.79. The molecule has 0 aromatic rings. The number of carboxylic acids is 1. The summed E-state index contributed by atoms with van der Waals surface area (Å²) in [6.45, 7) is 17.5. The number of ether oxygens (including phenoxy) is 4. The van der Waals surface area contributed by atoms with Gasteiger partial charge in [0.2, 0.25) is 5.91 Å². The van der Waals surface area contributed by atoms with E-state index < -0.39 is 76.6 Å². The molecule has 0 aromatic carbocycles. The topological polar surface area (TPSA) is 245 Å². The van der Waals surface area contributed by atoms with Crippen molar-refractivity contribution in [3.8, 4) is 0 Å². The van der Waals surface area contributed by atoms with Crippen molar-refractivity contribution in [3.63, 3.8) is 0 Å². The minimum atomic E-state index is -1.14.